The molecule has 0 fully saturated rings. The van der Waals surface area contributed by atoms with Crippen molar-refractivity contribution in [2.24, 2.45) is 11.8 Å². The van der Waals surface area contributed by atoms with Crippen LogP contribution in [0.15, 0.2) is 66.4 Å². The Balaban J connectivity index is 1.78. The number of amides is 2. The number of hydrogen-bond donors (Lipinski definition) is 3. The van der Waals surface area contributed by atoms with Crippen molar-refractivity contribution in [1.29, 1.82) is 0 Å². The first kappa shape index (κ1) is 21.5. The third kappa shape index (κ3) is 5.24. The van der Waals surface area contributed by atoms with Gasteiger partial charge in [-0.25, -0.2) is 10.2 Å². The van der Waals surface area contributed by atoms with Gasteiger partial charge in [-0.15, -0.1) is 0 Å². The molecule has 1 aromatic rings. The molecule has 1 aromatic carbocycles. The molecule has 1 unspecified atom stereocenters. The van der Waals surface area contributed by atoms with E-state index in [2.05, 4.69) is 10.7 Å². The summed E-state index contributed by atoms with van der Waals surface area (Å²) >= 11 is 0. The molecule has 3 rings (SSSR count). The summed E-state index contributed by atoms with van der Waals surface area (Å²) in [6.45, 7) is 3.80. The molecule has 0 saturated heterocycles. The van der Waals surface area contributed by atoms with Crippen LogP contribution < -0.4 is 10.7 Å². The first-order valence-corrected chi connectivity index (χ1v) is 10.1. The molecule has 1 aliphatic carbocycles. The van der Waals surface area contributed by atoms with Gasteiger partial charge in [-0.05, 0) is 29.9 Å². The quantitative estimate of drug-likeness (QED) is 0.581. The molecule has 0 radical (unpaired) electrons. The van der Waals surface area contributed by atoms with Crippen LogP contribution in [0.3, 0.4) is 0 Å². The lowest BCUT2D eigenvalue weighted by Crippen LogP contribution is -2.55. The molecule has 158 valence electrons. The van der Waals surface area contributed by atoms with Gasteiger partial charge in [-0.1, -0.05) is 68.5 Å². The number of fused-ring (bicyclic) bond motifs is 1. The fourth-order valence-electron chi connectivity index (χ4n) is 3.55. The van der Waals surface area contributed by atoms with Gasteiger partial charge in [-0.2, -0.15) is 0 Å². The minimum atomic E-state index is -1.07. The van der Waals surface area contributed by atoms with E-state index >= 15 is 0 Å². The number of carboxylic acids is 1. The number of benzene rings is 1. The molecule has 0 saturated carbocycles. The second kappa shape index (κ2) is 9.54. The third-order valence-electron chi connectivity index (χ3n) is 5.06. The molecule has 0 spiro atoms. The molecule has 7 heteroatoms. The molecule has 2 aliphatic rings. The standard InChI is InChI=1S/C23H27N3O4/c1-15(2)12-20(23(29)30)24-21(27)19(13-16-8-4-3-5-9-16)25-26-14-17-10-6-7-11-18(17)22(26)28/h3-11,14-15,18-20,25H,12-13H2,1-2H3,(H,24,27)(H,29,30)/t18?,19-,20-/m0/s1. The van der Waals surface area contributed by atoms with Crippen molar-refractivity contribution in [3.63, 3.8) is 0 Å². The Labute approximate surface area is 176 Å². The van der Waals surface area contributed by atoms with Crippen LogP contribution in [0.2, 0.25) is 0 Å². The van der Waals surface area contributed by atoms with Gasteiger partial charge in [0.1, 0.15) is 12.1 Å². The van der Waals surface area contributed by atoms with Crippen molar-refractivity contribution < 1.29 is 19.5 Å². The Morgan fingerprint density at radius 3 is 2.50 bits per heavy atom. The fourth-order valence-corrected chi connectivity index (χ4v) is 3.55. The van der Waals surface area contributed by atoms with E-state index in [1.165, 1.54) is 5.01 Å². The van der Waals surface area contributed by atoms with Crippen LogP contribution in [0.5, 0.6) is 0 Å². The van der Waals surface area contributed by atoms with Crippen LogP contribution in [0.25, 0.3) is 0 Å². The molecule has 3 N–H and O–H groups in total. The minimum absolute atomic E-state index is 0.110. The number of rotatable bonds is 9. The Kier molecular flexibility index (Phi) is 6.84. The van der Waals surface area contributed by atoms with Crippen LogP contribution in [-0.2, 0) is 20.8 Å². The summed E-state index contributed by atoms with van der Waals surface area (Å²) in [6.07, 6.45) is 9.66. The topological polar surface area (TPSA) is 98.7 Å². The maximum Gasteiger partial charge on any atom is 0.326 e. The molecule has 2 amide bonds. The fraction of sp³-hybridized carbons (Fsp3) is 0.348. The first-order valence-electron chi connectivity index (χ1n) is 10.1. The Morgan fingerprint density at radius 1 is 1.13 bits per heavy atom. The van der Waals surface area contributed by atoms with E-state index in [1.807, 2.05) is 68.5 Å². The highest BCUT2D eigenvalue weighted by Crippen LogP contribution is 2.27. The van der Waals surface area contributed by atoms with Crippen molar-refractivity contribution in [2.45, 2.75) is 38.8 Å². The first-order chi connectivity index (χ1) is 14.3. The summed E-state index contributed by atoms with van der Waals surface area (Å²) in [6, 6.07) is 7.61. The largest absolute Gasteiger partial charge is 0.480 e. The highest BCUT2D eigenvalue weighted by Gasteiger charge is 2.35. The normalized spacial score (nSPS) is 19.4. The molecular weight excluding hydrogens is 382 g/mol. The number of carbonyl (C=O) groups is 3. The maximum absolute atomic E-state index is 13.0. The molecule has 1 aliphatic heterocycles. The van der Waals surface area contributed by atoms with Gasteiger partial charge in [0.15, 0.2) is 0 Å². The zero-order chi connectivity index (χ0) is 21.7. The third-order valence-corrected chi connectivity index (χ3v) is 5.06. The lowest BCUT2D eigenvalue weighted by Gasteiger charge is -2.26. The summed E-state index contributed by atoms with van der Waals surface area (Å²) in [4.78, 5) is 37.4. The molecule has 7 nitrogen and oxygen atoms in total. The summed E-state index contributed by atoms with van der Waals surface area (Å²) in [5.41, 5.74) is 4.75. The van der Waals surface area contributed by atoms with Gasteiger partial charge < -0.3 is 10.4 Å². The summed E-state index contributed by atoms with van der Waals surface area (Å²) < 4.78 is 0. The van der Waals surface area contributed by atoms with E-state index < -0.39 is 24.0 Å². The molecule has 0 aromatic heterocycles. The number of hydrogen-bond acceptors (Lipinski definition) is 4. The second-order valence-corrected chi connectivity index (χ2v) is 7.96. The zero-order valence-electron chi connectivity index (χ0n) is 17.1. The van der Waals surface area contributed by atoms with Crippen molar-refractivity contribution in [2.75, 3.05) is 0 Å². The predicted octanol–water partition coefficient (Wildman–Crippen LogP) is 2.19. The average molecular weight is 409 g/mol. The lowest BCUT2D eigenvalue weighted by molar-refractivity contribution is -0.143. The van der Waals surface area contributed by atoms with Gasteiger partial charge in [0.2, 0.25) is 5.91 Å². The van der Waals surface area contributed by atoms with Crippen LogP contribution in [0, 0.1) is 11.8 Å². The number of allylic oxidation sites excluding steroid dienone is 3. The van der Waals surface area contributed by atoms with Crippen LogP contribution in [0.1, 0.15) is 25.8 Å². The van der Waals surface area contributed by atoms with E-state index in [1.54, 1.807) is 6.20 Å². The SMILES string of the molecule is CC(C)C[C@H](NC(=O)[C@H](Cc1ccccc1)NN1C=C2C=CC=CC2C1=O)C(=O)O. The highest BCUT2D eigenvalue weighted by atomic mass is 16.4. The van der Waals surface area contributed by atoms with Gasteiger partial charge in [0, 0.05) is 6.20 Å². The lowest BCUT2D eigenvalue weighted by atomic mass is 9.97. The number of carboxylic acid groups (broad SMARTS) is 1. The van der Waals surface area contributed by atoms with Crippen LogP contribution >= 0.6 is 0 Å². The van der Waals surface area contributed by atoms with Crippen LogP contribution in [0.4, 0.5) is 0 Å². The Morgan fingerprint density at radius 2 is 1.87 bits per heavy atom. The van der Waals surface area contributed by atoms with Gasteiger partial charge in [0.05, 0.1) is 5.92 Å². The zero-order valence-corrected chi connectivity index (χ0v) is 17.1. The maximum atomic E-state index is 13.0. The highest BCUT2D eigenvalue weighted by molar-refractivity contribution is 5.90. The smallest absolute Gasteiger partial charge is 0.326 e. The summed E-state index contributed by atoms with van der Waals surface area (Å²) in [5.74, 6) is -1.96. The van der Waals surface area contributed by atoms with Crippen molar-refractivity contribution in [3.8, 4) is 0 Å². The Hall–Kier alpha value is -3.19. The van der Waals surface area contributed by atoms with Gasteiger partial charge in [-0.3, -0.25) is 14.6 Å². The monoisotopic (exact) mass is 409 g/mol. The average Bonchev–Trinajstić information content (AvgIpc) is 3.03. The van der Waals surface area contributed by atoms with Crippen molar-refractivity contribution in [1.82, 2.24) is 15.8 Å². The number of nitrogens with zero attached hydrogens (tertiary/aromatic N) is 1. The molecule has 0 bridgehead atoms. The van der Waals surface area contributed by atoms with E-state index in [4.69, 9.17) is 0 Å². The van der Waals surface area contributed by atoms with E-state index in [9.17, 15) is 19.5 Å². The van der Waals surface area contributed by atoms with Crippen molar-refractivity contribution >= 4 is 17.8 Å². The number of nitrogens with one attached hydrogen (secondary N) is 2. The molecular formula is C23H27N3O4. The molecule has 3 atom stereocenters. The number of carbonyl (C=O) groups excluding carboxylic acids is 2. The number of aliphatic carboxylic acids is 1. The van der Waals surface area contributed by atoms with Crippen molar-refractivity contribution in [3.05, 3.63) is 72.0 Å². The summed E-state index contributed by atoms with van der Waals surface area (Å²) in [5, 5.41) is 13.5. The summed E-state index contributed by atoms with van der Waals surface area (Å²) in [7, 11) is 0. The van der Waals surface area contributed by atoms with Crippen LogP contribution in [-0.4, -0.2) is 40.0 Å². The molecule has 1 heterocycles. The predicted molar refractivity (Wildman–Crippen MR) is 113 cm³/mol. The van der Waals surface area contributed by atoms with E-state index in [-0.39, 0.29) is 17.7 Å². The van der Waals surface area contributed by atoms with E-state index in [0.29, 0.717) is 12.8 Å². The van der Waals surface area contributed by atoms with Gasteiger partial charge in [0.25, 0.3) is 5.91 Å². The molecule has 30 heavy (non-hydrogen) atoms. The second-order valence-electron chi connectivity index (χ2n) is 7.96. The minimum Gasteiger partial charge on any atom is -0.480 e. The number of hydrazine groups is 1. The van der Waals surface area contributed by atoms with Gasteiger partial charge >= 0.3 is 5.97 Å². The Bertz CT molecular complexity index is 889. The van der Waals surface area contributed by atoms with E-state index in [0.717, 1.165) is 11.1 Å².